The lowest BCUT2D eigenvalue weighted by Gasteiger charge is -2.07. The molecular formula is C25H37NO2S2. The molecule has 0 saturated carbocycles. The first-order valence-electron chi connectivity index (χ1n) is 10.4. The van der Waals surface area contributed by atoms with Crippen molar-refractivity contribution in [3.8, 4) is 0 Å². The van der Waals surface area contributed by atoms with Crippen molar-refractivity contribution >= 4 is 39.8 Å². The van der Waals surface area contributed by atoms with E-state index in [2.05, 4.69) is 87.3 Å². The third-order valence-corrected chi connectivity index (χ3v) is 5.97. The van der Waals surface area contributed by atoms with E-state index in [9.17, 15) is 4.79 Å². The summed E-state index contributed by atoms with van der Waals surface area (Å²) in [4.78, 5) is 15.6. The highest BCUT2D eigenvalue weighted by Crippen LogP contribution is 2.20. The summed E-state index contributed by atoms with van der Waals surface area (Å²) in [5, 5.41) is 11.2. The van der Waals surface area contributed by atoms with Gasteiger partial charge in [-0.25, -0.2) is 4.99 Å². The van der Waals surface area contributed by atoms with Gasteiger partial charge in [0.25, 0.3) is 0 Å². The lowest BCUT2D eigenvalue weighted by Crippen LogP contribution is -1.91. The summed E-state index contributed by atoms with van der Waals surface area (Å²) >= 11 is 3.51. The number of aryl methyl sites for hydroxylation is 1. The Bertz CT molecular complexity index is 742. The van der Waals surface area contributed by atoms with Crippen LogP contribution in [0.1, 0.15) is 75.8 Å². The SMILES string of the molecule is C=C(N=C(CC)SC)c1ccc(C(C)C)cc1.CCCC(=O)O.CCc1cccs1. The number of benzene rings is 1. The van der Waals surface area contributed by atoms with Gasteiger partial charge < -0.3 is 5.11 Å². The predicted molar refractivity (Wildman–Crippen MR) is 137 cm³/mol. The molecule has 0 aliphatic rings. The van der Waals surface area contributed by atoms with E-state index in [4.69, 9.17) is 5.11 Å². The molecule has 0 saturated heterocycles. The van der Waals surface area contributed by atoms with Crippen molar-refractivity contribution in [1.29, 1.82) is 0 Å². The monoisotopic (exact) mass is 447 g/mol. The standard InChI is InChI=1S/C15H21NS.C6H8S.C4H8O2/c1-6-15(17-5)16-12(4)14-9-7-13(8-10-14)11(2)3;1-2-6-4-3-5-7-6;1-2-3-4(5)6/h7-11H,4,6H2,1-3,5H3;3-5H,2H2,1H3;2-3H2,1H3,(H,5,6). The van der Waals surface area contributed by atoms with Gasteiger partial charge >= 0.3 is 5.97 Å². The van der Waals surface area contributed by atoms with Crippen LogP contribution in [0, 0.1) is 0 Å². The Morgan fingerprint density at radius 2 is 1.80 bits per heavy atom. The average molecular weight is 448 g/mol. The molecule has 1 N–H and O–H groups in total. The predicted octanol–water partition coefficient (Wildman–Crippen LogP) is 8.13. The number of thiophene rings is 1. The van der Waals surface area contributed by atoms with Gasteiger partial charge in [0.05, 0.1) is 10.7 Å². The van der Waals surface area contributed by atoms with E-state index in [0.717, 1.165) is 29.1 Å². The lowest BCUT2D eigenvalue weighted by molar-refractivity contribution is -0.137. The van der Waals surface area contributed by atoms with Gasteiger partial charge in [-0.1, -0.05) is 71.5 Å². The minimum atomic E-state index is -0.711. The molecule has 1 heterocycles. The zero-order valence-corrected chi connectivity index (χ0v) is 20.9. The molecule has 0 radical (unpaired) electrons. The van der Waals surface area contributed by atoms with E-state index in [1.807, 2.05) is 18.3 Å². The average Bonchev–Trinajstić information content (AvgIpc) is 3.26. The summed E-state index contributed by atoms with van der Waals surface area (Å²) in [5.41, 5.74) is 3.31. The van der Waals surface area contributed by atoms with E-state index >= 15 is 0 Å². The fourth-order valence-electron chi connectivity index (χ4n) is 2.27. The molecule has 0 fully saturated rings. The minimum absolute atomic E-state index is 0.292. The quantitative estimate of drug-likeness (QED) is 0.344. The highest BCUT2D eigenvalue weighted by atomic mass is 32.2. The van der Waals surface area contributed by atoms with Crippen molar-refractivity contribution in [2.45, 2.75) is 66.2 Å². The van der Waals surface area contributed by atoms with Crippen molar-refractivity contribution in [3.63, 3.8) is 0 Å². The Morgan fingerprint density at radius 3 is 2.10 bits per heavy atom. The molecule has 0 aliphatic carbocycles. The summed E-state index contributed by atoms with van der Waals surface area (Å²) in [6.07, 6.45) is 5.22. The maximum absolute atomic E-state index is 9.60. The number of rotatable bonds is 7. The maximum Gasteiger partial charge on any atom is 0.303 e. The van der Waals surface area contributed by atoms with Crippen LogP contribution in [0.15, 0.2) is 53.3 Å². The largest absolute Gasteiger partial charge is 0.481 e. The molecule has 1 aromatic heterocycles. The van der Waals surface area contributed by atoms with Gasteiger partial charge in [-0.05, 0) is 54.0 Å². The third kappa shape index (κ3) is 12.7. The van der Waals surface area contributed by atoms with Gasteiger partial charge in [-0.3, -0.25) is 4.79 Å². The van der Waals surface area contributed by atoms with Crippen molar-refractivity contribution < 1.29 is 9.90 Å². The number of hydrogen-bond acceptors (Lipinski definition) is 4. The number of aliphatic imine (C=N–C) groups is 1. The summed E-state index contributed by atoms with van der Waals surface area (Å²) in [6, 6.07) is 12.8. The van der Waals surface area contributed by atoms with Crippen LogP contribution in [0.5, 0.6) is 0 Å². The van der Waals surface area contributed by atoms with Gasteiger partial charge in [-0.15, -0.1) is 23.1 Å². The molecule has 3 nitrogen and oxygen atoms in total. The second kappa shape index (κ2) is 16.9. The maximum atomic E-state index is 9.60. The topological polar surface area (TPSA) is 49.7 Å². The number of carbonyl (C=O) groups is 1. The number of aliphatic carboxylic acids is 1. The van der Waals surface area contributed by atoms with Gasteiger partial charge in [0.1, 0.15) is 0 Å². The fraction of sp³-hybridized carbons (Fsp3) is 0.440. The zero-order chi connectivity index (χ0) is 22.9. The molecule has 2 aromatic rings. The van der Waals surface area contributed by atoms with Gasteiger partial charge in [0.2, 0.25) is 0 Å². The molecule has 0 unspecified atom stereocenters. The van der Waals surface area contributed by atoms with Crippen LogP contribution in [-0.4, -0.2) is 22.4 Å². The lowest BCUT2D eigenvalue weighted by atomic mass is 10.0. The van der Waals surface area contributed by atoms with Crippen LogP contribution in [-0.2, 0) is 11.2 Å². The van der Waals surface area contributed by atoms with Crippen molar-refractivity contribution in [1.82, 2.24) is 0 Å². The number of hydrogen-bond donors (Lipinski definition) is 1. The van der Waals surface area contributed by atoms with Crippen molar-refractivity contribution in [2.75, 3.05) is 6.26 Å². The van der Waals surface area contributed by atoms with Crippen molar-refractivity contribution in [2.24, 2.45) is 4.99 Å². The zero-order valence-electron chi connectivity index (χ0n) is 19.3. The van der Waals surface area contributed by atoms with Gasteiger partial charge in [-0.2, -0.15) is 0 Å². The molecule has 0 amide bonds. The smallest absolute Gasteiger partial charge is 0.303 e. The Kier molecular flexibility index (Phi) is 15.9. The van der Waals surface area contributed by atoms with Crippen LogP contribution in [0.25, 0.3) is 5.70 Å². The minimum Gasteiger partial charge on any atom is -0.481 e. The Balaban J connectivity index is 0.000000528. The van der Waals surface area contributed by atoms with E-state index in [1.54, 1.807) is 11.8 Å². The van der Waals surface area contributed by atoms with Gasteiger partial charge in [0, 0.05) is 11.3 Å². The molecule has 0 bridgehead atoms. The molecule has 0 aliphatic heterocycles. The van der Waals surface area contributed by atoms with E-state index in [-0.39, 0.29) is 0 Å². The number of nitrogens with zero attached hydrogens (tertiary/aromatic N) is 1. The highest BCUT2D eigenvalue weighted by molar-refractivity contribution is 8.13. The Hall–Kier alpha value is -1.85. The van der Waals surface area contributed by atoms with Crippen LogP contribution in [0.4, 0.5) is 0 Å². The molecule has 0 atom stereocenters. The van der Waals surface area contributed by atoms with E-state index < -0.39 is 5.97 Å². The molecule has 166 valence electrons. The van der Waals surface area contributed by atoms with E-state index in [0.29, 0.717) is 12.3 Å². The van der Waals surface area contributed by atoms with Crippen molar-refractivity contribution in [3.05, 3.63) is 64.4 Å². The summed E-state index contributed by atoms with van der Waals surface area (Å²) in [6.45, 7) is 14.6. The van der Waals surface area contributed by atoms with Crippen LogP contribution < -0.4 is 0 Å². The molecule has 30 heavy (non-hydrogen) atoms. The molecular weight excluding hydrogens is 410 g/mol. The van der Waals surface area contributed by atoms with Gasteiger partial charge in [0.15, 0.2) is 0 Å². The van der Waals surface area contributed by atoms with Crippen LogP contribution in [0.3, 0.4) is 0 Å². The number of thioether (sulfide) groups is 1. The van der Waals surface area contributed by atoms with Crippen LogP contribution >= 0.6 is 23.1 Å². The first kappa shape index (κ1) is 28.2. The second-order valence-electron chi connectivity index (χ2n) is 6.86. The molecule has 0 spiro atoms. The summed E-state index contributed by atoms with van der Waals surface area (Å²) in [7, 11) is 0. The summed E-state index contributed by atoms with van der Waals surface area (Å²) < 4.78 is 0. The molecule has 1 aromatic carbocycles. The first-order chi connectivity index (χ1) is 14.3. The Labute approximate surface area is 191 Å². The highest BCUT2D eigenvalue weighted by Gasteiger charge is 2.02. The number of carboxylic acid groups (broad SMARTS) is 1. The van der Waals surface area contributed by atoms with E-state index in [1.165, 1.54) is 16.9 Å². The number of carboxylic acids is 1. The summed E-state index contributed by atoms with van der Waals surface area (Å²) in [5.74, 6) is -0.143. The molecule has 2 rings (SSSR count). The second-order valence-corrected chi connectivity index (χ2v) is 8.78. The fourth-order valence-corrected chi connectivity index (χ4v) is 3.42. The first-order valence-corrected chi connectivity index (χ1v) is 12.5. The molecule has 5 heteroatoms. The van der Waals surface area contributed by atoms with Crippen LogP contribution in [0.2, 0.25) is 0 Å². The normalized spacial score (nSPS) is 10.6. The third-order valence-electron chi connectivity index (χ3n) is 4.10. The Morgan fingerprint density at radius 1 is 1.17 bits per heavy atom.